The van der Waals surface area contributed by atoms with Crippen LogP contribution in [0.5, 0.6) is 5.75 Å². The lowest BCUT2D eigenvalue weighted by atomic mass is 10.2. The summed E-state index contributed by atoms with van der Waals surface area (Å²) in [6, 6.07) is 15.5. The van der Waals surface area contributed by atoms with Crippen LogP contribution in [0.15, 0.2) is 58.4 Å². The molecule has 1 N–H and O–H groups in total. The Morgan fingerprint density at radius 1 is 1.10 bits per heavy atom. The highest BCUT2D eigenvalue weighted by Crippen LogP contribution is 2.31. The van der Waals surface area contributed by atoms with E-state index < -0.39 is 0 Å². The van der Waals surface area contributed by atoms with Crippen LogP contribution in [0.3, 0.4) is 0 Å². The van der Waals surface area contributed by atoms with Crippen LogP contribution in [-0.2, 0) is 0 Å². The molecular formula is C17H19NOS. The van der Waals surface area contributed by atoms with Crippen molar-refractivity contribution >= 4 is 23.7 Å². The first-order valence-electron chi connectivity index (χ1n) is 6.85. The largest absolute Gasteiger partial charge is 0.506 e. The maximum Gasteiger partial charge on any atom is 0.137 e. The minimum Gasteiger partial charge on any atom is -0.506 e. The van der Waals surface area contributed by atoms with Crippen molar-refractivity contribution in [1.82, 2.24) is 0 Å². The van der Waals surface area contributed by atoms with Crippen LogP contribution in [-0.4, -0.2) is 17.1 Å². The number of hydrogen-bond acceptors (Lipinski definition) is 3. The number of nitrogens with zero attached hydrogens (tertiary/aromatic N) is 1. The van der Waals surface area contributed by atoms with Crippen molar-refractivity contribution < 1.29 is 5.11 Å². The number of para-hydroxylation sites is 2. The summed E-state index contributed by atoms with van der Waals surface area (Å²) < 4.78 is 0. The molecule has 0 aliphatic heterocycles. The van der Waals surface area contributed by atoms with E-state index in [9.17, 15) is 5.11 Å². The minimum absolute atomic E-state index is 0.327. The number of aliphatic imine (C=N–C) groups is 1. The Morgan fingerprint density at radius 2 is 1.90 bits per heavy atom. The molecule has 0 fully saturated rings. The summed E-state index contributed by atoms with van der Waals surface area (Å²) >= 11 is 1.70. The lowest BCUT2D eigenvalue weighted by Gasteiger charge is -2.06. The first-order chi connectivity index (χ1) is 9.81. The van der Waals surface area contributed by atoms with E-state index >= 15 is 0 Å². The van der Waals surface area contributed by atoms with Crippen LogP contribution in [0, 0.1) is 0 Å². The summed E-state index contributed by atoms with van der Waals surface area (Å²) in [5, 5.41) is 10.3. The Labute approximate surface area is 124 Å². The molecule has 0 saturated heterocycles. The number of rotatable bonds is 6. The van der Waals surface area contributed by atoms with Crippen molar-refractivity contribution in [3.05, 3.63) is 54.1 Å². The van der Waals surface area contributed by atoms with E-state index in [1.165, 1.54) is 6.42 Å². The smallest absolute Gasteiger partial charge is 0.137 e. The van der Waals surface area contributed by atoms with Crippen LogP contribution in [0.1, 0.15) is 25.3 Å². The SMILES string of the molecule is CCCCSc1cccc(C=Nc2ccccc2)c1O. The molecular weight excluding hydrogens is 266 g/mol. The van der Waals surface area contributed by atoms with E-state index in [4.69, 9.17) is 0 Å². The predicted octanol–water partition coefficient (Wildman–Crippen LogP) is 5.04. The fourth-order valence-electron chi connectivity index (χ4n) is 1.74. The van der Waals surface area contributed by atoms with Gasteiger partial charge in [-0.05, 0) is 36.4 Å². The van der Waals surface area contributed by atoms with Crippen molar-refractivity contribution in [2.45, 2.75) is 24.7 Å². The molecule has 0 aromatic heterocycles. The Balaban J connectivity index is 2.12. The average Bonchev–Trinajstić information content (AvgIpc) is 2.49. The van der Waals surface area contributed by atoms with Gasteiger partial charge in [0.05, 0.1) is 5.69 Å². The van der Waals surface area contributed by atoms with Gasteiger partial charge in [-0.3, -0.25) is 4.99 Å². The Hall–Kier alpha value is -1.74. The minimum atomic E-state index is 0.327. The van der Waals surface area contributed by atoms with Crippen LogP contribution < -0.4 is 0 Å². The topological polar surface area (TPSA) is 32.6 Å². The maximum absolute atomic E-state index is 10.3. The van der Waals surface area contributed by atoms with E-state index in [1.807, 2.05) is 48.5 Å². The van der Waals surface area contributed by atoms with Crippen molar-refractivity contribution in [3.63, 3.8) is 0 Å². The summed E-state index contributed by atoms with van der Waals surface area (Å²) in [6.07, 6.45) is 4.05. The van der Waals surface area contributed by atoms with Crippen LogP contribution >= 0.6 is 11.8 Å². The molecule has 20 heavy (non-hydrogen) atoms. The molecule has 0 amide bonds. The van der Waals surface area contributed by atoms with E-state index in [-0.39, 0.29) is 0 Å². The Kier molecular flexibility index (Phi) is 5.69. The molecule has 0 saturated carbocycles. The van der Waals surface area contributed by atoms with Gasteiger partial charge in [0, 0.05) is 16.7 Å². The highest BCUT2D eigenvalue weighted by Gasteiger charge is 2.05. The number of thioether (sulfide) groups is 1. The van der Waals surface area contributed by atoms with Crippen molar-refractivity contribution in [2.24, 2.45) is 4.99 Å². The number of benzene rings is 2. The third-order valence-electron chi connectivity index (χ3n) is 2.89. The molecule has 0 unspecified atom stereocenters. The molecule has 0 bridgehead atoms. The molecule has 0 spiro atoms. The molecule has 0 atom stereocenters. The fourth-order valence-corrected chi connectivity index (χ4v) is 2.83. The van der Waals surface area contributed by atoms with Crippen LogP contribution in [0.4, 0.5) is 5.69 Å². The molecule has 2 nitrogen and oxygen atoms in total. The third-order valence-corrected chi connectivity index (χ3v) is 4.03. The third kappa shape index (κ3) is 4.14. The molecule has 2 aromatic carbocycles. The van der Waals surface area contributed by atoms with Gasteiger partial charge in [0.1, 0.15) is 5.75 Å². The second kappa shape index (κ2) is 7.75. The maximum atomic E-state index is 10.3. The number of phenols is 1. The fraction of sp³-hybridized carbons (Fsp3) is 0.235. The zero-order valence-electron chi connectivity index (χ0n) is 11.6. The first kappa shape index (κ1) is 14.7. The van der Waals surface area contributed by atoms with E-state index in [1.54, 1.807) is 18.0 Å². The molecule has 0 aliphatic carbocycles. The van der Waals surface area contributed by atoms with Gasteiger partial charge in [-0.15, -0.1) is 11.8 Å². The average molecular weight is 285 g/mol. The van der Waals surface area contributed by atoms with Gasteiger partial charge in [-0.2, -0.15) is 0 Å². The van der Waals surface area contributed by atoms with Gasteiger partial charge in [-0.25, -0.2) is 0 Å². The summed E-state index contributed by atoms with van der Waals surface area (Å²) in [4.78, 5) is 5.31. The standard InChI is InChI=1S/C17H19NOS/c1-2-3-12-20-16-11-7-8-14(17(16)19)13-18-15-9-5-4-6-10-15/h4-11,13,19H,2-3,12H2,1H3. The van der Waals surface area contributed by atoms with Gasteiger partial charge in [0.15, 0.2) is 0 Å². The highest BCUT2D eigenvalue weighted by molar-refractivity contribution is 7.99. The van der Waals surface area contributed by atoms with E-state index in [0.29, 0.717) is 5.75 Å². The normalized spacial score (nSPS) is 11.1. The van der Waals surface area contributed by atoms with Gasteiger partial charge in [0.2, 0.25) is 0 Å². The van der Waals surface area contributed by atoms with Gasteiger partial charge in [-0.1, -0.05) is 37.6 Å². The number of hydrogen-bond donors (Lipinski definition) is 1. The van der Waals surface area contributed by atoms with Crippen LogP contribution in [0.2, 0.25) is 0 Å². The zero-order chi connectivity index (χ0) is 14.2. The summed E-state index contributed by atoms with van der Waals surface area (Å²) in [5.74, 6) is 1.36. The van der Waals surface area contributed by atoms with E-state index in [2.05, 4.69) is 11.9 Å². The van der Waals surface area contributed by atoms with Gasteiger partial charge < -0.3 is 5.11 Å². The number of phenolic OH excluding ortho intramolecular Hbond substituents is 1. The molecule has 0 radical (unpaired) electrons. The number of unbranched alkanes of at least 4 members (excludes halogenated alkanes) is 1. The lowest BCUT2D eigenvalue weighted by Crippen LogP contribution is -1.86. The summed E-state index contributed by atoms with van der Waals surface area (Å²) in [7, 11) is 0. The predicted molar refractivity (Wildman–Crippen MR) is 87.4 cm³/mol. The summed E-state index contributed by atoms with van der Waals surface area (Å²) in [6.45, 7) is 2.17. The lowest BCUT2D eigenvalue weighted by molar-refractivity contribution is 0.461. The zero-order valence-corrected chi connectivity index (χ0v) is 12.4. The van der Waals surface area contributed by atoms with Crippen molar-refractivity contribution in [2.75, 3.05) is 5.75 Å². The monoisotopic (exact) mass is 285 g/mol. The molecule has 104 valence electrons. The van der Waals surface area contributed by atoms with Gasteiger partial charge >= 0.3 is 0 Å². The molecule has 0 heterocycles. The van der Waals surface area contributed by atoms with Crippen molar-refractivity contribution in [1.29, 1.82) is 0 Å². The quantitative estimate of drug-likeness (QED) is 0.458. The second-order valence-electron chi connectivity index (χ2n) is 4.49. The molecule has 2 rings (SSSR count). The molecule has 0 aliphatic rings. The summed E-state index contributed by atoms with van der Waals surface area (Å²) in [5.41, 5.74) is 1.64. The van der Waals surface area contributed by atoms with Crippen LogP contribution in [0.25, 0.3) is 0 Å². The molecule has 2 aromatic rings. The first-order valence-corrected chi connectivity index (χ1v) is 7.83. The Morgan fingerprint density at radius 3 is 2.65 bits per heavy atom. The van der Waals surface area contributed by atoms with Crippen molar-refractivity contribution in [3.8, 4) is 5.75 Å². The Bertz CT molecular complexity index is 566. The highest BCUT2D eigenvalue weighted by atomic mass is 32.2. The van der Waals surface area contributed by atoms with E-state index in [0.717, 1.165) is 28.3 Å². The molecule has 3 heteroatoms. The number of aromatic hydroxyl groups is 1. The van der Waals surface area contributed by atoms with Gasteiger partial charge in [0.25, 0.3) is 0 Å². The second-order valence-corrected chi connectivity index (χ2v) is 5.63.